The van der Waals surface area contributed by atoms with Crippen molar-refractivity contribution < 1.29 is 4.92 Å². The van der Waals surface area contributed by atoms with E-state index in [0.717, 1.165) is 18.7 Å². The summed E-state index contributed by atoms with van der Waals surface area (Å²) in [6, 6.07) is 14.6. The zero-order valence-electron chi connectivity index (χ0n) is 12.9. The Bertz CT molecular complexity index is 687. The second kappa shape index (κ2) is 7.05. The highest BCUT2D eigenvalue weighted by molar-refractivity contribution is 5.82. The molecule has 0 spiro atoms. The van der Waals surface area contributed by atoms with Gasteiger partial charge in [-0.3, -0.25) is 15.1 Å². The second-order valence-corrected chi connectivity index (χ2v) is 5.67. The molecular weight excluding hydrogens is 290 g/mol. The summed E-state index contributed by atoms with van der Waals surface area (Å²) in [6.45, 7) is 2.27. The van der Waals surface area contributed by atoms with Crippen LogP contribution in [0.5, 0.6) is 0 Å². The van der Waals surface area contributed by atoms with Crippen molar-refractivity contribution >= 4 is 23.3 Å². The Morgan fingerprint density at radius 2 is 1.61 bits per heavy atom. The van der Waals surface area contributed by atoms with Gasteiger partial charge in [-0.05, 0) is 49.1 Å². The van der Waals surface area contributed by atoms with Gasteiger partial charge in [-0.2, -0.15) is 0 Å². The smallest absolute Gasteiger partial charge is 0.269 e. The fraction of sp³-hybridized carbons (Fsp3) is 0.278. The molecule has 5 nitrogen and oxygen atoms in total. The standard InChI is InChI=1S/C18H19N3O2/c22-21(23)18-10-6-16(7-11-18)19-14-15-4-8-17(9-5-15)20-12-2-1-3-13-20/h4-11,14H,1-3,12-13H2. The first kappa shape index (κ1) is 15.2. The molecule has 0 aromatic heterocycles. The van der Waals surface area contributed by atoms with Gasteiger partial charge in [0, 0.05) is 37.1 Å². The quantitative estimate of drug-likeness (QED) is 0.479. The number of anilines is 1. The lowest BCUT2D eigenvalue weighted by Gasteiger charge is -2.28. The molecule has 0 amide bonds. The molecule has 0 radical (unpaired) electrons. The van der Waals surface area contributed by atoms with E-state index in [1.54, 1.807) is 18.3 Å². The molecule has 0 N–H and O–H groups in total. The van der Waals surface area contributed by atoms with Gasteiger partial charge in [0.1, 0.15) is 0 Å². The Kier molecular flexibility index (Phi) is 4.66. The Balaban J connectivity index is 1.66. The normalized spacial score (nSPS) is 15.0. The van der Waals surface area contributed by atoms with E-state index in [-0.39, 0.29) is 5.69 Å². The number of aliphatic imine (C=N–C) groups is 1. The molecule has 3 rings (SSSR count). The molecule has 2 aromatic rings. The van der Waals surface area contributed by atoms with Gasteiger partial charge in [0.05, 0.1) is 10.6 Å². The van der Waals surface area contributed by atoms with Crippen molar-refractivity contribution in [3.8, 4) is 0 Å². The number of hydrogen-bond acceptors (Lipinski definition) is 4. The van der Waals surface area contributed by atoms with Gasteiger partial charge in [-0.15, -0.1) is 0 Å². The third kappa shape index (κ3) is 3.94. The van der Waals surface area contributed by atoms with E-state index < -0.39 is 4.92 Å². The Labute approximate surface area is 135 Å². The third-order valence-corrected chi connectivity index (χ3v) is 4.04. The zero-order chi connectivity index (χ0) is 16.1. The number of rotatable bonds is 4. The molecular formula is C18H19N3O2. The number of piperidine rings is 1. The van der Waals surface area contributed by atoms with Gasteiger partial charge in [0.25, 0.3) is 5.69 Å². The van der Waals surface area contributed by atoms with E-state index in [4.69, 9.17) is 0 Å². The van der Waals surface area contributed by atoms with Crippen molar-refractivity contribution in [1.29, 1.82) is 0 Å². The summed E-state index contributed by atoms with van der Waals surface area (Å²) >= 11 is 0. The summed E-state index contributed by atoms with van der Waals surface area (Å²) in [4.78, 5) is 17.0. The van der Waals surface area contributed by atoms with Crippen molar-refractivity contribution in [3.63, 3.8) is 0 Å². The maximum atomic E-state index is 10.6. The zero-order valence-corrected chi connectivity index (χ0v) is 12.9. The van der Waals surface area contributed by atoms with Crippen LogP contribution in [0.2, 0.25) is 0 Å². The number of nitrogens with zero attached hydrogens (tertiary/aromatic N) is 3. The van der Waals surface area contributed by atoms with Crippen LogP contribution < -0.4 is 4.90 Å². The number of benzene rings is 2. The Hall–Kier alpha value is -2.69. The van der Waals surface area contributed by atoms with Crippen LogP contribution in [-0.2, 0) is 0 Å². The van der Waals surface area contributed by atoms with E-state index in [1.165, 1.54) is 37.1 Å². The molecule has 1 fully saturated rings. The van der Waals surface area contributed by atoms with Crippen molar-refractivity contribution in [2.24, 2.45) is 4.99 Å². The highest BCUT2D eigenvalue weighted by Crippen LogP contribution is 2.21. The molecule has 0 saturated carbocycles. The molecule has 0 aliphatic carbocycles. The second-order valence-electron chi connectivity index (χ2n) is 5.67. The van der Waals surface area contributed by atoms with Crippen LogP contribution in [0.25, 0.3) is 0 Å². The van der Waals surface area contributed by atoms with Gasteiger partial charge >= 0.3 is 0 Å². The van der Waals surface area contributed by atoms with Crippen LogP contribution in [-0.4, -0.2) is 24.2 Å². The maximum absolute atomic E-state index is 10.6. The minimum atomic E-state index is -0.410. The van der Waals surface area contributed by atoms with Gasteiger partial charge < -0.3 is 4.90 Å². The highest BCUT2D eigenvalue weighted by atomic mass is 16.6. The van der Waals surface area contributed by atoms with Gasteiger partial charge in [0.2, 0.25) is 0 Å². The summed E-state index contributed by atoms with van der Waals surface area (Å²) < 4.78 is 0. The average molecular weight is 309 g/mol. The predicted molar refractivity (Wildman–Crippen MR) is 92.9 cm³/mol. The first-order valence-electron chi connectivity index (χ1n) is 7.86. The minimum absolute atomic E-state index is 0.0786. The van der Waals surface area contributed by atoms with E-state index in [1.807, 2.05) is 0 Å². The predicted octanol–water partition coefficient (Wildman–Crippen LogP) is 4.34. The summed E-state index contributed by atoms with van der Waals surface area (Å²) in [5.74, 6) is 0. The Morgan fingerprint density at radius 1 is 0.957 bits per heavy atom. The van der Waals surface area contributed by atoms with Crippen LogP contribution >= 0.6 is 0 Å². The minimum Gasteiger partial charge on any atom is -0.372 e. The highest BCUT2D eigenvalue weighted by Gasteiger charge is 2.10. The van der Waals surface area contributed by atoms with Gasteiger partial charge in [-0.25, -0.2) is 0 Å². The molecule has 0 unspecified atom stereocenters. The number of non-ortho nitro benzene ring substituents is 1. The van der Waals surface area contributed by atoms with Crippen molar-refractivity contribution in [2.45, 2.75) is 19.3 Å². The molecule has 1 heterocycles. The fourth-order valence-electron chi connectivity index (χ4n) is 2.73. The largest absolute Gasteiger partial charge is 0.372 e. The van der Waals surface area contributed by atoms with E-state index in [0.29, 0.717) is 5.69 Å². The molecule has 0 bridgehead atoms. The summed E-state index contributed by atoms with van der Waals surface area (Å²) in [6.07, 6.45) is 5.64. The van der Waals surface area contributed by atoms with Gasteiger partial charge in [0.15, 0.2) is 0 Å². The van der Waals surface area contributed by atoms with E-state index in [9.17, 15) is 10.1 Å². The molecule has 2 aromatic carbocycles. The van der Waals surface area contributed by atoms with Crippen molar-refractivity contribution in [1.82, 2.24) is 0 Å². The van der Waals surface area contributed by atoms with Crippen molar-refractivity contribution in [3.05, 3.63) is 64.2 Å². The maximum Gasteiger partial charge on any atom is 0.269 e. The summed E-state index contributed by atoms with van der Waals surface area (Å²) in [5.41, 5.74) is 3.06. The monoisotopic (exact) mass is 309 g/mol. The van der Waals surface area contributed by atoms with Crippen LogP contribution in [0.4, 0.5) is 17.1 Å². The topological polar surface area (TPSA) is 58.7 Å². The van der Waals surface area contributed by atoms with E-state index in [2.05, 4.69) is 34.2 Å². The Morgan fingerprint density at radius 3 is 2.22 bits per heavy atom. The SMILES string of the molecule is O=[N+]([O-])c1ccc(N=Cc2ccc(N3CCCCC3)cc2)cc1. The van der Waals surface area contributed by atoms with Gasteiger partial charge in [-0.1, -0.05) is 12.1 Å². The number of nitro benzene ring substituents is 1. The molecule has 118 valence electrons. The van der Waals surface area contributed by atoms with Crippen LogP contribution in [0.3, 0.4) is 0 Å². The average Bonchev–Trinajstić information content (AvgIpc) is 2.61. The van der Waals surface area contributed by atoms with Crippen LogP contribution in [0.1, 0.15) is 24.8 Å². The first-order chi connectivity index (χ1) is 11.2. The molecule has 1 aliphatic heterocycles. The van der Waals surface area contributed by atoms with Crippen molar-refractivity contribution in [2.75, 3.05) is 18.0 Å². The molecule has 23 heavy (non-hydrogen) atoms. The lowest BCUT2D eigenvalue weighted by molar-refractivity contribution is -0.384. The number of hydrogen-bond donors (Lipinski definition) is 0. The molecule has 1 aliphatic rings. The fourth-order valence-corrected chi connectivity index (χ4v) is 2.73. The lowest BCUT2D eigenvalue weighted by Crippen LogP contribution is -2.29. The van der Waals surface area contributed by atoms with E-state index >= 15 is 0 Å². The van der Waals surface area contributed by atoms with Crippen LogP contribution in [0, 0.1) is 10.1 Å². The number of nitro groups is 1. The lowest BCUT2D eigenvalue weighted by atomic mass is 10.1. The molecule has 0 atom stereocenters. The summed E-state index contributed by atoms with van der Waals surface area (Å²) in [5, 5.41) is 10.6. The van der Waals surface area contributed by atoms with Crippen LogP contribution in [0.15, 0.2) is 53.5 Å². The summed E-state index contributed by atoms with van der Waals surface area (Å²) in [7, 11) is 0. The third-order valence-electron chi connectivity index (χ3n) is 4.04. The molecule has 5 heteroatoms. The molecule has 1 saturated heterocycles. The first-order valence-corrected chi connectivity index (χ1v) is 7.86.